The van der Waals surface area contributed by atoms with E-state index in [1.165, 1.54) is 11.3 Å². The maximum atomic E-state index is 9.47. The highest BCUT2D eigenvalue weighted by Gasteiger charge is 2.10. The van der Waals surface area contributed by atoms with Crippen molar-refractivity contribution in [3.8, 4) is 0 Å². The van der Waals surface area contributed by atoms with E-state index in [0.29, 0.717) is 18.2 Å². The van der Waals surface area contributed by atoms with Gasteiger partial charge in [0.2, 0.25) is 0 Å². The van der Waals surface area contributed by atoms with Crippen molar-refractivity contribution in [1.29, 1.82) is 0 Å². The summed E-state index contributed by atoms with van der Waals surface area (Å²) in [6.07, 6.45) is 1.11. The molecule has 0 amide bonds. The van der Waals surface area contributed by atoms with Crippen LogP contribution < -0.4 is 10.6 Å². The maximum absolute atomic E-state index is 9.47. The summed E-state index contributed by atoms with van der Waals surface area (Å²) in [7, 11) is 3.42. The highest BCUT2D eigenvalue weighted by atomic mass is 32.1. The molecule has 0 aliphatic carbocycles. The molecule has 0 aromatic carbocycles. The van der Waals surface area contributed by atoms with Crippen molar-refractivity contribution < 1.29 is 9.84 Å². The molecule has 1 atom stereocenters. The largest absolute Gasteiger partial charge is 0.389 e. The molecule has 5 nitrogen and oxygen atoms in total. The van der Waals surface area contributed by atoms with E-state index in [0.717, 1.165) is 5.13 Å². The second kappa shape index (κ2) is 5.14. The molecule has 1 aromatic rings. The van der Waals surface area contributed by atoms with E-state index in [2.05, 4.69) is 4.98 Å². The third kappa shape index (κ3) is 3.13. The Morgan fingerprint density at radius 1 is 1.79 bits per heavy atom. The van der Waals surface area contributed by atoms with Crippen LogP contribution in [0.25, 0.3) is 0 Å². The number of hydrogen-bond acceptors (Lipinski definition) is 6. The van der Waals surface area contributed by atoms with Crippen LogP contribution in [0.5, 0.6) is 0 Å². The molecule has 0 saturated heterocycles. The second-order valence-electron chi connectivity index (χ2n) is 3.03. The predicted molar refractivity (Wildman–Crippen MR) is 57.7 cm³/mol. The number of rotatable bonds is 5. The molecule has 0 fully saturated rings. The lowest BCUT2D eigenvalue weighted by atomic mass is 10.3. The first kappa shape index (κ1) is 11.2. The standard InChI is InChI=1S/C8H15N3O2S/c1-11(4-6(12)5-13-2)8-10-3-7(9)14-8/h3,6,12H,4-5,9H2,1-2H3. The van der Waals surface area contributed by atoms with Gasteiger partial charge in [-0.15, -0.1) is 0 Å². The number of nitrogens with two attached hydrogens (primary N) is 1. The highest BCUT2D eigenvalue weighted by molar-refractivity contribution is 7.19. The first-order chi connectivity index (χ1) is 6.63. The van der Waals surface area contributed by atoms with Crippen molar-refractivity contribution in [1.82, 2.24) is 4.98 Å². The number of hydrogen-bond donors (Lipinski definition) is 2. The molecule has 3 N–H and O–H groups in total. The Bertz CT molecular complexity index is 279. The zero-order valence-electron chi connectivity index (χ0n) is 8.30. The van der Waals surface area contributed by atoms with E-state index in [9.17, 15) is 5.11 Å². The Balaban J connectivity index is 2.45. The van der Waals surface area contributed by atoms with Gasteiger partial charge in [-0.3, -0.25) is 0 Å². The van der Waals surface area contributed by atoms with E-state index in [1.807, 2.05) is 11.9 Å². The summed E-state index contributed by atoms with van der Waals surface area (Å²) in [4.78, 5) is 5.95. The molecule has 1 aromatic heterocycles. The SMILES string of the molecule is COCC(O)CN(C)c1ncc(N)s1. The number of likely N-dealkylation sites (N-methyl/N-ethyl adjacent to an activating group) is 1. The summed E-state index contributed by atoms with van der Waals surface area (Å²) in [5.74, 6) is 0. The normalized spacial score (nSPS) is 12.8. The molecule has 1 heterocycles. The van der Waals surface area contributed by atoms with Crippen LogP contribution in [-0.4, -0.2) is 43.5 Å². The smallest absolute Gasteiger partial charge is 0.187 e. The van der Waals surface area contributed by atoms with Gasteiger partial charge in [0.15, 0.2) is 5.13 Å². The lowest BCUT2D eigenvalue weighted by Crippen LogP contribution is -2.31. The minimum absolute atomic E-state index is 0.325. The molecule has 0 saturated carbocycles. The topological polar surface area (TPSA) is 71.6 Å². The Morgan fingerprint density at radius 3 is 3.00 bits per heavy atom. The number of anilines is 2. The molecule has 0 radical (unpaired) electrons. The van der Waals surface area contributed by atoms with Gasteiger partial charge in [0.05, 0.1) is 18.9 Å². The van der Waals surface area contributed by atoms with Crippen LogP contribution in [0.15, 0.2) is 6.20 Å². The molecule has 0 bridgehead atoms. The molecule has 1 rings (SSSR count). The molecule has 1 unspecified atom stereocenters. The van der Waals surface area contributed by atoms with Gasteiger partial charge in [-0.1, -0.05) is 11.3 Å². The minimum atomic E-state index is -0.505. The Kier molecular flexibility index (Phi) is 4.12. The zero-order valence-corrected chi connectivity index (χ0v) is 9.12. The van der Waals surface area contributed by atoms with Gasteiger partial charge < -0.3 is 20.5 Å². The average molecular weight is 217 g/mol. The molecule has 6 heteroatoms. The van der Waals surface area contributed by atoms with Gasteiger partial charge in [0, 0.05) is 20.7 Å². The summed E-state index contributed by atoms with van der Waals surface area (Å²) in [5, 5.41) is 10.9. The number of aliphatic hydroxyl groups excluding tert-OH is 1. The number of nitrogen functional groups attached to an aromatic ring is 1. The second-order valence-corrected chi connectivity index (χ2v) is 4.08. The van der Waals surface area contributed by atoms with Crippen LogP contribution >= 0.6 is 11.3 Å². The maximum Gasteiger partial charge on any atom is 0.187 e. The van der Waals surface area contributed by atoms with Crippen LogP contribution in [0.1, 0.15) is 0 Å². The summed E-state index contributed by atoms with van der Waals surface area (Å²) in [6.45, 7) is 0.811. The fraction of sp³-hybridized carbons (Fsp3) is 0.625. The lowest BCUT2D eigenvalue weighted by molar-refractivity contribution is 0.0695. The van der Waals surface area contributed by atoms with E-state index in [1.54, 1.807) is 13.3 Å². The monoisotopic (exact) mass is 217 g/mol. The summed E-state index contributed by atoms with van der Waals surface area (Å²) >= 11 is 1.40. The van der Waals surface area contributed by atoms with Gasteiger partial charge in [-0.25, -0.2) is 4.98 Å². The fourth-order valence-corrected chi connectivity index (χ4v) is 1.74. The summed E-state index contributed by atoms with van der Waals surface area (Å²) in [5.41, 5.74) is 5.55. The fourth-order valence-electron chi connectivity index (χ4n) is 1.09. The first-order valence-electron chi connectivity index (χ1n) is 4.23. The van der Waals surface area contributed by atoms with E-state index >= 15 is 0 Å². The van der Waals surface area contributed by atoms with Crippen molar-refractivity contribution in [3.63, 3.8) is 0 Å². The molecule has 80 valence electrons. The van der Waals surface area contributed by atoms with Crippen LogP contribution in [0, 0.1) is 0 Å². The number of ether oxygens (including phenoxy) is 1. The van der Waals surface area contributed by atoms with Crippen molar-refractivity contribution in [2.75, 3.05) is 37.9 Å². The number of aliphatic hydroxyl groups is 1. The number of methoxy groups -OCH3 is 1. The van der Waals surface area contributed by atoms with Crippen molar-refractivity contribution >= 4 is 21.5 Å². The first-order valence-corrected chi connectivity index (χ1v) is 5.04. The van der Waals surface area contributed by atoms with Crippen molar-refractivity contribution in [2.45, 2.75) is 6.10 Å². The van der Waals surface area contributed by atoms with Gasteiger partial charge in [0.1, 0.15) is 5.00 Å². The molecule has 0 aliphatic heterocycles. The lowest BCUT2D eigenvalue weighted by Gasteiger charge is -2.19. The van der Waals surface area contributed by atoms with Crippen LogP contribution in [-0.2, 0) is 4.74 Å². The van der Waals surface area contributed by atoms with Crippen LogP contribution in [0.3, 0.4) is 0 Å². The molecular weight excluding hydrogens is 202 g/mol. The summed E-state index contributed by atoms with van der Waals surface area (Å²) in [6, 6.07) is 0. The Labute approximate surface area is 87.1 Å². The van der Waals surface area contributed by atoms with E-state index in [4.69, 9.17) is 10.5 Å². The van der Waals surface area contributed by atoms with Crippen molar-refractivity contribution in [3.05, 3.63) is 6.20 Å². The molecular formula is C8H15N3O2S. The summed E-state index contributed by atoms with van der Waals surface area (Å²) < 4.78 is 4.83. The van der Waals surface area contributed by atoms with Crippen LogP contribution in [0.4, 0.5) is 10.1 Å². The van der Waals surface area contributed by atoms with Gasteiger partial charge in [-0.05, 0) is 0 Å². The quantitative estimate of drug-likeness (QED) is 0.735. The van der Waals surface area contributed by atoms with E-state index in [-0.39, 0.29) is 0 Å². The zero-order chi connectivity index (χ0) is 10.6. The van der Waals surface area contributed by atoms with Gasteiger partial charge in [0.25, 0.3) is 0 Å². The third-order valence-corrected chi connectivity index (χ3v) is 2.62. The Morgan fingerprint density at radius 2 is 2.50 bits per heavy atom. The third-order valence-electron chi connectivity index (χ3n) is 1.68. The van der Waals surface area contributed by atoms with Crippen LogP contribution in [0.2, 0.25) is 0 Å². The number of nitrogens with zero attached hydrogens (tertiary/aromatic N) is 2. The minimum Gasteiger partial charge on any atom is -0.389 e. The number of aromatic nitrogens is 1. The van der Waals surface area contributed by atoms with Crippen molar-refractivity contribution in [2.24, 2.45) is 0 Å². The molecule has 0 spiro atoms. The highest BCUT2D eigenvalue weighted by Crippen LogP contribution is 2.22. The van der Waals surface area contributed by atoms with Gasteiger partial charge in [-0.2, -0.15) is 0 Å². The number of thiazole rings is 1. The van der Waals surface area contributed by atoms with E-state index < -0.39 is 6.10 Å². The average Bonchev–Trinajstić information content (AvgIpc) is 2.52. The predicted octanol–water partition coefficient (Wildman–Crippen LogP) is 0.169. The molecule has 14 heavy (non-hydrogen) atoms. The Hall–Kier alpha value is -0.850. The van der Waals surface area contributed by atoms with Gasteiger partial charge >= 0.3 is 0 Å². The molecule has 0 aliphatic rings.